The Bertz CT molecular complexity index is 946. The average molecular weight is 438 g/mol. The Kier molecular flexibility index (Phi) is 5.42. The normalized spacial score (nSPS) is 11.2. The first-order chi connectivity index (χ1) is 12.0. The van der Waals surface area contributed by atoms with E-state index >= 15 is 0 Å². The Morgan fingerprint density at radius 3 is 2.92 bits per heavy atom. The number of hydrogen-bond donors (Lipinski definition) is 1. The number of halogens is 2. The second-order valence-corrected chi connectivity index (χ2v) is 7.65. The molecule has 7 heteroatoms. The standard InChI is InChI=1S/C18H14BrClN2O2S/c1-10-7-16-14(9-13(10)20)21-18(25-16)22-17(23)6-3-11-8-12(19)4-5-15(11)24-2/h3-9H,1-2H3,(H,21,22,23)/b6-3+. The second kappa shape index (κ2) is 7.56. The molecule has 128 valence electrons. The van der Waals surface area contributed by atoms with Crippen LogP contribution in [0.1, 0.15) is 11.1 Å². The maximum atomic E-state index is 12.2. The molecule has 0 atom stereocenters. The van der Waals surface area contributed by atoms with E-state index < -0.39 is 0 Å². The molecule has 0 radical (unpaired) electrons. The van der Waals surface area contributed by atoms with Crippen molar-refractivity contribution < 1.29 is 9.53 Å². The van der Waals surface area contributed by atoms with E-state index in [-0.39, 0.29) is 5.91 Å². The number of amides is 1. The van der Waals surface area contributed by atoms with Crippen LogP contribution in [0.5, 0.6) is 5.75 Å². The van der Waals surface area contributed by atoms with E-state index in [1.54, 1.807) is 19.3 Å². The predicted molar refractivity (Wildman–Crippen MR) is 108 cm³/mol. The van der Waals surface area contributed by atoms with E-state index in [4.69, 9.17) is 16.3 Å². The Hall–Kier alpha value is -1.89. The van der Waals surface area contributed by atoms with Crippen LogP contribution < -0.4 is 10.1 Å². The van der Waals surface area contributed by atoms with E-state index in [1.165, 1.54) is 17.4 Å². The third kappa shape index (κ3) is 4.21. The number of thiazole rings is 1. The van der Waals surface area contributed by atoms with Crippen molar-refractivity contribution in [1.82, 2.24) is 4.98 Å². The number of hydrogen-bond acceptors (Lipinski definition) is 4. The highest BCUT2D eigenvalue weighted by molar-refractivity contribution is 9.10. The van der Waals surface area contributed by atoms with Crippen molar-refractivity contribution >= 4 is 66.2 Å². The van der Waals surface area contributed by atoms with Crippen LogP contribution in [0.15, 0.2) is 40.9 Å². The number of methoxy groups -OCH3 is 1. The predicted octanol–water partition coefficient (Wildman–Crippen LogP) is 5.68. The first-order valence-electron chi connectivity index (χ1n) is 7.35. The van der Waals surface area contributed by atoms with Gasteiger partial charge < -0.3 is 4.74 Å². The van der Waals surface area contributed by atoms with Crippen LogP contribution in [-0.2, 0) is 4.79 Å². The third-order valence-electron chi connectivity index (χ3n) is 3.50. The lowest BCUT2D eigenvalue weighted by Crippen LogP contribution is -2.07. The summed E-state index contributed by atoms with van der Waals surface area (Å²) < 4.78 is 7.18. The van der Waals surface area contributed by atoms with Crippen molar-refractivity contribution in [3.05, 3.63) is 57.0 Å². The molecule has 1 amide bonds. The molecule has 1 aromatic heterocycles. The molecule has 0 spiro atoms. The smallest absolute Gasteiger partial charge is 0.250 e. The Morgan fingerprint density at radius 2 is 2.16 bits per heavy atom. The molecule has 0 aliphatic carbocycles. The second-order valence-electron chi connectivity index (χ2n) is 5.30. The van der Waals surface area contributed by atoms with Gasteiger partial charge in [0.05, 0.1) is 17.3 Å². The van der Waals surface area contributed by atoms with Crippen LogP contribution in [0.4, 0.5) is 5.13 Å². The minimum absolute atomic E-state index is 0.260. The molecule has 0 saturated carbocycles. The van der Waals surface area contributed by atoms with E-state index in [2.05, 4.69) is 26.2 Å². The molecule has 1 N–H and O–H groups in total. The summed E-state index contributed by atoms with van der Waals surface area (Å²) in [5, 5.41) is 3.98. The van der Waals surface area contributed by atoms with Crippen molar-refractivity contribution in [2.24, 2.45) is 0 Å². The van der Waals surface area contributed by atoms with Gasteiger partial charge in [-0.05, 0) is 48.9 Å². The molecule has 4 nitrogen and oxygen atoms in total. The number of fused-ring (bicyclic) bond motifs is 1. The fraction of sp³-hybridized carbons (Fsp3) is 0.111. The number of aromatic nitrogens is 1. The van der Waals surface area contributed by atoms with E-state index in [1.807, 2.05) is 31.2 Å². The molecule has 25 heavy (non-hydrogen) atoms. The van der Waals surface area contributed by atoms with Crippen LogP contribution in [0, 0.1) is 6.92 Å². The number of rotatable bonds is 4. The molecule has 3 aromatic rings. The number of carbonyl (C=O) groups excluding carboxylic acids is 1. The van der Waals surface area contributed by atoms with E-state index in [9.17, 15) is 4.79 Å². The molecule has 0 aliphatic rings. The molecule has 3 rings (SSSR count). The molecule has 2 aromatic carbocycles. The minimum Gasteiger partial charge on any atom is -0.496 e. The Morgan fingerprint density at radius 1 is 1.36 bits per heavy atom. The number of benzene rings is 2. The van der Waals surface area contributed by atoms with Gasteiger partial charge in [0, 0.05) is 21.1 Å². The quantitative estimate of drug-likeness (QED) is 0.534. The van der Waals surface area contributed by atoms with Crippen molar-refractivity contribution in [3.63, 3.8) is 0 Å². The van der Waals surface area contributed by atoms with Gasteiger partial charge in [-0.1, -0.05) is 38.9 Å². The number of carbonyl (C=O) groups is 1. The highest BCUT2D eigenvalue weighted by Gasteiger charge is 2.08. The molecule has 0 fully saturated rings. The molecule has 0 saturated heterocycles. The molecular weight excluding hydrogens is 424 g/mol. The van der Waals surface area contributed by atoms with Crippen LogP contribution in [-0.4, -0.2) is 18.0 Å². The molecule has 1 heterocycles. The van der Waals surface area contributed by atoms with Gasteiger partial charge in [-0.3, -0.25) is 10.1 Å². The number of nitrogens with zero attached hydrogens (tertiary/aromatic N) is 1. The van der Waals surface area contributed by atoms with Crippen LogP contribution in [0.2, 0.25) is 5.02 Å². The highest BCUT2D eigenvalue weighted by atomic mass is 79.9. The minimum atomic E-state index is -0.260. The van der Waals surface area contributed by atoms with Crippen molar-refractivity contribution in [1.29, 1.82) is 0 Å². The van der Waals surface area contributed by atoms with Gasteiger partial charge in [-0.15, -0.1) is 0 Å². The van der Waals surface area contributed by atoms with Gasteiger partial charge in [0.1, 0.15) is 5.75 Å². The zero-order valence-electron chi connectivity index (χ0n) is 13.5. The molecule has 0 aliphatic heterocycles. The van der Waals surface area contributed by atoms with Gasteiger partial charge in [0.25, 0.3) is 0 Å². The zero-order valence-corrected chi connectivity index (χ0v) is 16.6. The molecule has 0 bridgehead atoms. The largest absolute Gasteiger partial charge is 0.496 e. The average Bonchev–Trinajstić information content (AvgIpc) is 2.94. The maximum absolute atomic E-state index is 12.2. The summed E-state index contributed by atoms with van der Waals surface area (Å²) in [6.45, 7) is 1.94. The highest BCUT2D eigenvalue weighted by Crippen LogP contribution is 2.30. The monoisotopic (exact) mass is 436 g/mol. The first kappa shape index (κ1) is 17.9. The summed E-state index contributed by atoms with van der Waals surface area (Å²) in [4.78, 5) is 16.6. The Labute approximate surface area is 162 Å². The van der Waals surface area contributed by atoms with Crippen molar-refractivity contribution in [2.45, 2.75) is 6.92 Å². The van der Waals surface area contributed by atoms with Crippen LogP contribution in [0.3, 0.4) is 0 Å². The number of nitrogens with one attached hydrogen (secondary N) is 1. The molecular formula is C18H14BrClN2O2S. The lowest BCUT2D eigenvalue weighted by atomic mass is 10.2. The summed E-state index contributed by atoms with van der Waals surface area (Å²) in [5.74, 6) is 0.432. The van der Waals surface area contributed by atoms with Crippen molar-refractivity contribution in [3.8, 4) is 5.75 Å². The number of anilines is 1. The number of aryl methyl sites for hydroxylation is 1. The van der Waals surface area contributed by atoms with E-state index in [0.29, 0.717) is 15.9 Å². The molecule has 0 unspecified atom stereocenters. The van der Waals surface area contributed by atoms with Gasteiger partial charge >= 0.3 is 0 Å². The summed E-state index contributed by atoms with van der Waals surface area (Å²) in [7, 11) is 1.59. The lowest BCUT2D eigenvalue weighted by Gasteiger charge is -2.04. The fourth-order valence-electron chi connectivity index (χ4n) is 2.25. The van der Waals surface area contributed by atoms with Gasteiger partial charge in [-0.2, -0.15) is 0 Å². The topological polar surface area (TPSA) is 51.2 Å². The SMILES string of the molecule is COc1ccc(Br)cc1/C=C/C(=O)Nc1nc2cc(Cl)c(C)cc2s1. The maximum Gasteiger partial charge on any atom is 0.250 e. The van der Waals surface area contributed by atoms with Gasteiger partial charge in [0.15, 0.2) is 5.13 Å². The zero-order chi connectivity index (χ0) is 18.0. The van der Waals surface area contributed by atoms with Crippen molar-refractivity contribution in [2.75, 3.05) is 12.4 Å². The summed E-state index contributed by atoms with van der Waals surface area (Å²) in [6, 6.07) is 9.37. The van der Waals surface area contributed by atoms with Crippen LogP contribution >= 0.6 is 38.9 Å². The van der Waals surface area contributed by atoms with Crippen LogP contribution in [0.25, 0.3) is 16.3 Å². The fourth-order valence-corrected chi connectivity index (χ4v) is 3.74. The lowest BCUT2D eigenvalue weighted by molar-refractivity contribution is -0.111. The summed E-state index contributed by atoms with van der Waals surface area (Å²) in [6.07, 6.45) is 3.15. The van der Waals surface area contributed by atoms with Gasteiger partial charge in [-0.25, -0.2) is 4.98 Å². The first-order valence-corrected chi connectivity index (χ1v) is 9.34. The Balaban J connectivity index is 1.77. The summed E-state index contributed by atoms with van der Waals surface area (Å²) >= 11 is 10.9. The summed E-state index contributed by atoms with van der Waals surface area (Å²) in [5.41, 5.74) is 2.56. The number of ether oxygens (including phenoxy) is 1. The third-order valence-corrected chi connectivity index (χ3v) is 5.34. The van der Waals surface area contributed by atoms with E-state index in [0.717, 1.165) is 25.8 Å². The van der Waals surface area contributed by atoms with Gasteiger partial charge in [0.2, 0.25) is 5.91 Å².